The molecule has 0 aliphatic heterocycles. The zero-order valence-corrected chi connectivity index (χ0v) is 10.1. The van der Waals surface area contributed by atoms with Crippen LogP contribution in [0.15, 0.2) is 18.2 Å². The van der Waals surface area contributed by atoms with E-state index in [-0.39, 0.29) is 11.7 Å². The number of unbranched alkanes of at least 4 members (excludes halogenated alkanes) is 2. The van der Waals surface area contributed by atoms with Crippen molar-refractivity contribution in [3.63, 3.8) is 0 Å². The predicted octanol–water partition coefficient (Wildman–Crippen LogP) is 2.82. The van der Waals surface area contributed by atoms with E-state index in [2.05, 4.69) is 6.92 Å². The van der Waals surface area contributed by atoms with Gasteiger partial charge in [0, 0.05) is 12.2 Å². The topological polar surface area (TPSA) is 59.1 Å². The van der Waals surface area contributed by atoms with Crippen molar-refractivity contribution in [1.82, 2.24) is 0 Å². The minimum Gasteiger partial charge on any atom is -0.384 e. The molecule has 3 nitrogen and oxygen atoms in total. The molecule has 17 heavy (non-hydrogen) atoms. The van der Waals surface area contributed by atoms with Gasteiger partial charge >= 0.3 is 0 Å². The molecule has 3 N–H and O–H groups in total. The van der Waals surface area contributed by atoms with Crippen LogP contribution in [0.5, 0.6) is 0 Å². The van der Waals surface area contributed by atoms with Gasteiger partial charge in [-0.25, -0.2) is 4.39 Å². The standard InChI is InChI=1S/C13H19FN2O/c1-2-3-4-5-17-9-10-6-11(13(15)16)8-12(14)7-10/h6-8H,2-5,9H2,1H3,(H3,15,16). The highest BCUT2D eigenvalue weighted by molar-refractivity contribution is 5.95. The van der Waals surface area contributed by atoms with Crippen molar-refractivity contribution in [2.24, 2.45) is 5.73 Å². The van der Waals surface area contributed by atoms with Gasteiger partial charge in [-0.2, -0.15) is 0 Å². The number of nitrogen functional groups attached to an aromatic ring is 1. The minimum atomic E-state index is -0.384. The number of hydrogen-bond donors (Lipinski definition) is 2. The van der Waals surface area contributed by atoms with Crippen molar-refractivity contribution in [2.45, 2.75) is 32.8 Å². The molecule has 1 aromatic rings. The Morgan fingerprint density at radius 1 is 1.35 bits per heavy atom. The lowest BCUT2D eigenvalue weighted by atomic mass is 10.1. The first-order chi connectivity index (χ1) is 8.13. The molecule has 0 spiro atoms. The van der Waals surface area contributed by atoms with Gasteiger partial charge in [-0.05, 0) is 30.2 Å². The molecule has 0 radical (unpaired) electrons. The third-order valence-electron chi connectivity index (χ3n) is 2.43. The van der Waals surface area contributed by atoms with Crippen LogP contribution in [0.1, 0.15) is 37.3 Å². The van der Waals surface area contributed by atoms with E-state index in [9.17, 15) is 4.39 Å². The van der Waals surface area contributed by atoms with E-state index in [1.54, 1.807) is 6.07 Å². The molecule has 4 heteroatoms. The van der Waals surface area contributed by atoms with Crippen molar-refractivity contribution in [3.05, 3.63) is 35.1 Å². The lowest BCUT2D eigenvalue weighted by Gasteiger charge is -2.06. The first-order valence-corrected chi connectivity index (χ1v) is 5.85. The van der Waals surface area contributed by atoms with Gasteiger partial charge < -0.3 is 10.5 Å². The Kier molecular flexibility index (Phi) is 5.63. The summed E-state index contributed by atoms with van der Waals surface area (Å²) in [5.74, 6) is -0.512. The summed E-state index contributed by atoms with van der Waals surface area (Å²) in [4.78, 5) is 0. The molecular formula is C13H19FN2O. The second kappa shape index (κ2) is 7.01. The molecule has 0 atom stereocenters. The Labute approximate surface area is 101 Å². The maximum Gasteiger partial charge on any atom is 0.124 e. The molecule has 94 valence electrons. The summed E-state index contributed by atoms with van der Waals surface area (Å²) < 4.78 is 18.6. The first-order valence-electron chi connectivity index (χ1n) is 5.85. The summed E-state index contributed by atoms with van der Waals surface area (Å²) >= 11 is 0. The molecule has 0 aliphatic rings. The van der Waals surface area contributed by atoms with E-state index in [1.165, 1.54) is 12.1 Å². The number of halogens is 1. The molecule has 0 heterocycles. The van der Waals surface area contributed by atoms with Crippen molar-refractivity contribution in [1.29, 1.82) is 5.41 Å². The van der Waals surface area contributed by atoms with Crippen molar-refractivity contribution >= 4 is 5.84 Å². The van der Waals surface area contributed by atoms with Crippen LogP contribution in [0.3, 0.4) is 0 Å². The zero-order valence-electron chi connectivity index (χ0n) is 10.1. The monoisotopic (exact) mass is 238 g/mol. The van der Waals surface area contributed by atoms with Crippen LogP contribution in [0.25, 0.3) is 0 Å². The van der Waals surface area contributed by atoms with Gasteiger partial charge in [0.05, 0.1) is 6.61 Å². The second-order valence-electron chi connectivity index (χ2n) is 4.02. The van der Waals surface area contributed by atoms with E-state index < -0.39 is 0 Å². The van der Waals surface area contributed by atoms with Gasteiger partial charge in [0.1, 0.15) is 11.7 Å². The maximum atomic E-state index is 13.2. The van der Waals surface area contributed by atoms with E-state index in [1.807, 2.05) is 0 Å². The number of hydrogen-bond acceptors (Lipinski definition) is 2. The maximum absolute atomic E-state index is 13.2. The van der Waals surface area contributed by atoms with Crippen LogP contribution in [-0.2, 0) is 11.3 Å². The Bertz CT molecular complexity index is 380. The first kappa shape index (κ1) is 13.6. The molecule has 0 amide bonds. The fourth-order valence-corrected chi connectivity index (χ4v) is 1.53. The smallest absolute Gasteiger partial charge is 0.124 e. The Balaban J connectivity index is 2.50. The summed E-state index contributed by atoms with van der Waals surface area (Å²) in [6.45, 7) is 3.17. The molecule has 0 bridgehead atoms. The van der Waals surface area contributed by atoms with Crippen molar-refractivity contribution < 1.29 is 9.13 Å². The van der Waals surface area contributed by atoms with Gasteiger partial charge in [-0.15, -0.1) is 0 Å². The van der Waals surface area contributed by atoms with Gasteiger partial charge in [0.2, 0.25) is 0 Å². The van der Waals surface area contributed by atoms with Crippen molar-refractivity contribution in [3.8, 4) is 0 Å². The SMILES string of the molecule is CCCCCOCc1cc(F)cc(C(=N)N)c1. The average Bonchev–Trinajstić information content (AvgIpc) is 2.28. The zero-order chi connectivity index (χ0) is 12.7. The summed E-state index contributed by atoms with van der Waals surface area (Å²) in [6, 6.07) is 4.35. The summed E-state index contributed by atoms with van der Waals surface area (Å²) in [7, 11) is 0. The van der Waals surface area contributed by atoms with Crippen LogP contribution in [0, 0.1) is 11.2 Å². The normalized spacial score (nSPS) is 10.5. The van der Waals surface area contributed by atoms with E-state index in [0.29, 0.717) is 24.3 Å². The Morgan fingerprint density at radius 3 is 2.76 bits per heavy atom. The fourth-order valence-electron chi connectivity index (χ4n) is 1.53. The number of benzene rings is 1. The van der Waals surface area contributed by atoms with Gasteiger partial charge in [0.15, 0.2) is 0 Å². The van der Waals surface area contributed by atoms with Crippen LogP contribution < -0.4 is 5.73 Å². The summed E-state index contributed by atoms with van der Waals surface area (Å²) in [6.07, 6.45) is 3.31. The number of ether oxygens (including phenoxy) is 1. The molecule has 0 aromatic heterocycles. The average molecular weight is 238 g/mol. The van der Waals surface area contributed by atoms with Gasteiger partial charge in [-0.1, -0.05) is 19.8 Å². The molecule has 1 aromatic carbocycles. The molecule has 0 unspecified atom stereocenters. The van der Waals surface area contributed by atoms with E-state index in [0.717, 1.165) is 19.3 Å². The van der Waals surface area contributed by atoms with Gasteiger partial charge in [0.25, 0.3) is 0 Å². The lowest BCUT2D eigenvalue weighted by Crippen LogP contribution is -2.12. The number of amidine groups is 1. The van der Waals surface area contributed by atoms with Crippen LogP contribution in [0.4, 0.5) is 4.39 Å². The van der Waals surface area contributed by atoms with E-state index >= 15 is 0 Å². The van der Waals surface area contributed by atoms with Crippen molar-refractivity contribution in [2.75, 3.05) is 6.61 Å². The van der Waals surface area contributed by atoms with Crippen LogP contribution >= 0.6 is 0 Å². The number of nitrogens with two attached hydrogens (primary N) is 1. The minimum absolute atomic E-state index is 0.128. The van der Waals surface area contributed by atoms with Crippen LogP contribution in [-0.4, -0.2) is 12.4 Å². The molecule has 0 aliphatic carbocycles. The largest absolute Gasteiger partial charge is 0.384 e. The predicted molar refractivity (Wildman–Crippen MR) is 66.6 cm³/mol. The third kappa shape index (κ3) is 4.95. The Hall–Kier alpha value is -1.42. The molecule has 0 fully saturated rings. The summed E-state index contributed by atoms with van der Waals surface area (Å²) in [5.41, 5.74) is 6.44. The van der Waals surface area contributed by atoms with Crippen LogP contribution in [0.2, 0.25) is 0 Å². The van der Waals surface area contributed by atoms with E-state index in [4.69, 9.17) is 15.9 Å². The molecular weight excluding hydrogens is 219 g/mol. The Morgan fingerprint density at radius 2 is 2.12 bits per heavy atom. The quantitative estimate of drug-likeness (QED) is 0.436. The molecule has 1 rings (SSSR count). The highest BCUT2D eigenvalue weighted by Crippen LogP contribution is 2.10. The summed E-state index contributed by atoms with van der Waals surface area (Å²) in [5, 5.41) is 7.27. The fraction of sp³-hybridized carbons (Fsp3) is 0.462. The number of nitrogens with one attached hydrogen (secondary N) is 1. The second-order valence-corrected chi connectivity index (χ2v) is 4.02. The number of rotatable bonds is 7. The molecule has 0 saturated heterocycles. The molecule has 0 saturated carbocycles. The van der Waals surface area contributed by atoms with Gasteiger partial charge in [-0.3, -0.25) is 5.41 Å². The highest BCUT2D eigenvalue weighted by atomic mass is 19.1. The lowest BCUT2D eigenvalue weighted by molar-refractivity contribution is 0.117. The highest BCUT2D eigenvalue weighted by Gasteiger charge is 2.03. The third-order valence-corrected chi connectivity index (χ3v) is 2.43.